The summed E-state index contributed by atoms with van der Waals surface area (Å²) in [6, 6.07) is 5.40. The van der Waals surface area contributed by atoms with Crippen molar-refractivity contribution in [2.75, 3.05) is 0 Å². The first-order valence-electron chi connectivity index (χ1n) is 5.31. The predicted octanol–water partition coefficient (Wildman–Crippen LogP) is 2.97. The third-order valence-corrected chi connectivity index (χ3v) is 2.92. The lowest BCUT2D eigenvalue weighted by Gasteiger charge is -2.04. The van der Waals surface area contributed by atoms with Gasteiger partial charge in [0.25, 0.3) is 6.43 Å². The first-order valence-corrected chi connectivity index (χ1v) is 5.69. The fourth-order valence-corrected chi connectivity index (χ4v) is 1.91. The number of carboxylic acids is 1. The summed E-state index contributed by atoms with van der Waals surface area (Å²) in [7, 11) is 0. The Morgan fingerprint density at radius 2 is 2.15 bits per heavy atom. The van der Waals surface area contributed by atoms with E-state index >= 15 is 0 Å². The Bertz CT molecular complexity index is 685. The van der Waals surface area contributed by atoms with Crippen LogP contribution in [0.15, 0.2) is 24.3 Å². The number of aldehydes is 1. The Hall–Kier alpha value is -2.28. The average Bonchev–Trinajstić information content (AvgIpc) is 2.76. The van der Waals surface area contributed by atoms with E-state index in [9.17, 15) is 18.4 Å². The number of aromatic carboxylic acids is 1. The number of benzene rings is 1. The number of halogens is 3. The van der Waals surface area contributed by atoms with Crippen molar-refractivity contribution < 1.29 is 23.5 Å². The second-order valence-electron chi connectivity index (χ2n) is 3.78. The molecule has 1 heterocycles. The molecule has 2 aromatic rings. The zero-order valence-corrected chi connectivity index (χ0v) is 10.5. The summed E-state index contributed by atoms with van der Waals surface area (Å²) >= 11 is 5.83. The molecule has 0 bridgehead atoms. The zero-order valence-electron chi connectivity index (χ0n) is 9.76. The minimum atomic E-state index is -2.96. The van der Waals surface area contributed by atoms with Gasteiger partial charge in [-0.15, -0.1) is 0 Å². The molecule has 1 aromatic carbocycles. The van der Waals surface area contributed by atoms with Crippen LogP contribution in [0.25, 0.3) is 5.69 Å². The van der Waals surface area contributed by atoms with Crippen LogP contribution in [0.1, 0.15) is 32.8 Å². The molecule has 0 atom stereocenters. The number of hydrogen-bond acceptors (Lipinski definition) is 3. The van der Waals surface area contributed by atoms with Gasteiger partial charge in [0.15, 0.2) is 6.29 Å². The van der Waals surface area contributed by atoms with Crippen molar-refractivity contribution >= 4 is 23.9 Å². The van der Waals surface area contributed by atoms with Gasteiger partial charge in [0.2, 0.25) is 0 Å². The van der Waals surface area contributed by atoms with Gasteiger partial charge in [0.05, 0.1) is 16.8 Å². The fraction of sp³-hybridized carbons (Fsp3) is 0.0833. The number of carbonyl (C=O) groups excluding carboxylic acids is 1. The normalized spacial score (nSPS) is 10.8. The van der Waals surface area contributed by atoms with Crippen molar-refractivity contribution in [3.8, 4) is 5.69 Å². The summed E-state index contributed by atoms with van der Waals surface area (Å²) in [5.41, 5.74) is -1.04. The van der Waals surface area contributed by atoms with Crippen molar-refractivity contribution in [2.24, 2.45) is 0 Å². The van der Waals surface area contributed by atoms with E-state index in [1.165, 1.54) is 24.3 Å². The molecule has 1 aromatic heterocycles. The molecule has 5 nitrogen and oxygen atoms in total. The summed E-state index contributed by atoms with van der Waals surface area (Å²) in [4.78, 5) is 21.7. The smallest absolute Gasteiger partial charge is 0.335 e. The van der Waals surface area contributed by atoms with E-state index < -0.39 is 23.7 Å². The number of nitrogens with zero attached hydrogens (tertiary/aromatic N) is 2. The molecule has 0 spiro atoms. The quantitative estimate of drug-likeness (QED) is 0.881. The largest absolute Gasteiger partial charge is 0.478 e. The van der Waals surface area contributed by atoms with Crippen LogP contribution >= 0.6 is 11.6 Å². The first-order chi connectivity index (χ1) is 9.45. The molecular formula is C12H7ClF2N2O3. The molecule has 0 aliphatic heterocycles. The van der Waals surface area contributed by atoms with Gasteiger partial charge < -0.3 is 5.11 Å². The highest BCUT2D eigenvalue weighted by Gasteiger charge is 2.23. The summed E-state index contributed by atoms with van der Waals surface area (Å²) in [6.07, 6.45) is -2.77. The van der Waals surface area contributed by atoms with Gasteiger partial charge in [-0.2, -0.15) is 5.10 Å². The highest BCUT2D eigenvalue weighted by Crippen LogP contribution is 2.28. The lowest BCUT2D eigenvalue weighted by Crippen LogP contribution is -2.01. The van der Waals surface area contributed by atoms with E-state index in [1.807, 2.05) is 0 Å². The number of hydrogen-bond donors (Lipinski definition) is 1. The van der Waals surface area contributed by atoms with Crippen LogP contribution in [0.5, 0.6) is 0 Å². The molecule has 0 aliphatic rings. The lowest BCUT2D eigenvalue weighted by atomic mass is 10.2. The molecule has 0 saturated heterocycles. The van der Waals surface area contributed by atoms with Gasteiger partial charge in [-0.3, -0.25) is 4.79 Å². The highest BCUT2D eigenvalue weighted by atomic mass is 35.5. The van der Waals surface area contributed by atoms with Crippen molar-refractivity contribution in [1.29, 1.82) is 0 Å². The molecule has 0 aliphatic carbocycles. The summed E-state index contributed by atoms with van der Waals surface area (Å²) in [5, 5.41) is 12.1. The first kappa shape index (κ1) is 14.1. The fourth-order valence-electron chi connectivity index (χ4n) is 1.64. The average molecular weight is 301 g/mol. The van der Waals surface area contributed by atoms with Crippen LogP contribution in [-0.2, 0) is 0 Å². The number of aromatic nitrogens is 2. The van der Waals surface area contributed by atoms with Crippen molar-refractivity contribution in [3.63, 3.8) is 0 Å². The van der Waals surface area contributed by atoms with Gasteiger partial charge in [-0.1, -0.05) is 17.7 Å². The number of alkyl halides is 2. The van der Waals surface area contributed by atoms with Gasteiger partial charge in [0.1, 0.15) is 10.8 Å². The zero-order chi connectivity index (χ0) is 14.9. The van der Waals surface area contributed by atoms with E-state index in [2.05, 4.69) is 5.10 Å². The predicted molar refractivity (Wildman–Crippen MR) is 65.9 cm³/mol. The second kappa shape index (κ2) is 5.38. The van der Waals surface area contributed by atoms with E-state index in [4.69, 9.17) is 16.7 Å². The number of rotatable bonds is 4. The Morgan fingerprint density at radius 1 is 1.45 bits per heavy atom. The molecule has 2 rings (SSSR count). The van der Waals surface area contributed by atoms with Crippen molar-refractivity contribution in [1.82, 2.24) is 9.78 Å². The number of carboxylic acid groups (broad SMARTS) is 1. The SMILES string of the molecule is O=Cc1c(C(F)F)nn(-c2cccc(C(=O)O)c2)c1Cl. The maximum absolute atomic E-state index is 12.7. The molecule has 0 amide bonds. The summed E-state index contributed by atoms with van der Waals surface area (Å²) in [6.45, 7) is 0. The second-order valence-corrected chi connectivity index (χ2v) is 4.13. The van der Waals surface area contributed by atoms with E-state index in [-0.39, 0.29) is 22.7 Å². The highest BCUT2D eigenvalue weighted by molar-refractivity contribution is 6.32. The molecule has 0 unspecified atom stereocenters. The molecule has 8 heteroatoms. The molecular weight excluding hydrogens is 294 g/mol. The van der Waals surface area contributed by atoms with Crippen LogP contribution in [0.4, 0.5) is 8.78 Å². The van der Waals surface area contributed by atoms with Gasteiger partial charge >= 0.3 is 5.97 Å². The monoisotopic (exact) mass is 300 g/mol. The van der Waals surface area contributed by atoms with E-state index in [0.29, 0.717) is 0 Å². The molecule has 20 heavy (non-hydrogen) atoms. The minimum absolute atomic E-state index is 0.0553. The molecule has 0 saturated carbocycles. The Kier molecular flexibility index (Phi) is 3.80. The van der Waals surface area contributed by atoms with E-state index in [0.717, 1.165) is 4.68 Å². The van der Waals surface area contributed by atoms with Crippen LogP contribution in [0, 0.1) is 0 Å². The van der Waals surface area contributed by atoms with Crippen molar-refractivity contribution in [2.45, 2.75) is 6.43 Å². The topological polar surface area (TPSA) is 72.2 Å². The van der Waals surface area contributed by atoms with Crippen LogP contribution in [0.3, 0.4) is 0 Å². The van der Waals surface area contributed by atoms with Gasteiger partial charge in [-0.25, -0.2) is 18.3 Å². The van der Waals surface area contributed by atoms with Crippen LogP contribution in [-0.4, -0.2) is 27.1 Å². The lowest BCUT2D eigenvalue weighted by molar-refractivity contribution is 0.0696. The summed E-state index contributed by atoms with van der Waals surface area (Å²) in [5.74, 6) is -1.18. The van der Waals surface area contributed by atoms with Gasteiger partial charge in [-0.05, 0) is 18.2 Å². The van der Waals surface area contributed by atoms with Crippen molar-refractivity contribution in [3.05, 3.63) is 46.2 Å². The Balaban J connectivity index is 2.61. The molecule has 104 valence electrons. The van der Waals surface area contributed by atoms with Crippen LogP contribution in [0.2, 0.25) is 5.15 Å². The Morgan fingerprint density at radius 3 is 2.65 bits per heavy atom. The third kappa shape index (κ3) is 2.39. The standard InChI is InChI=1S/C12H7ClF2N2O3/c13-10-8(5-18)9(11(14)15)16-17(10)7-3-1-2-6(4-7)12(19)20/h1-5,11H,(H,19,20). The van der Waals surface area contributed by atoms with E-state index in [1.54, 1.807) is 0 Å². The maximum atomic E-state index is 12.7. The maximum Gasteiger partial charge on any atom is 0.335 e. The molecule has 1 N–H and O–H groups in total. The molecule has 0 fully saturated rings. The number of carbonyl (C=O) groups is 2. The summed E-state index contributed by atoms with van der Waals surface area (Å²) < 4.78 is 26.4. The van der Waals surface area contributed by atoms with Gasteiger partial charge in [0, 0.05) is 0 Å². The minimum Gasteiger partial charge on any atom is -0.478 e. The Labute approximate surface area is 116 Å². The molecule has 0 radical (unpaired) electrons. The van der Waals surface area contributed by atoms with Crippen LogP contribution < -0.4 is 0 Å². The third-order valence-electron chi connectivity index (χ3n) is 2.55.